The Morgan fingerprint density at radius 2 is 1.77 bits per heavy atom. The lowest BCUT2D eigenvalue weighted by Crippen LogP contribution is -2.11. The van der Waals surface area contributed by atoms with Gasteiger partial charge in [-0.2, -0.15) is 0 Å². The summed E-state index contributed by atoms with van der Waals surface area (Å²) in [4.78, 5) is 11.5. The number of rotatable bonds is 0. The monoisotopic (exact) mass is 214 g/mol. The fraction of sp³-hybridized carbons (Fsp3) is 0.300. The standard InChI is InChI=1S/C10H8Cl2O/c11-7-4-5-8(12)10-6(7)2-1-3-9(10)13/h4-5H,1-3H2. The minimum Gasteiger partial charge on any atom is -0.294 e. The summed E-state index contributed by atoms with van der Waals surface area (Å²) < 4.78 is 0. The molecule has 1 aliphatic rings. The van der Waals surface area contributed by atoms with Crippen molar-refractivity contribution in [1.82, 2.24) is 0 Å². The number of hydrogen-bond acceptors (Lipinski definition) is 1. The normalized spacial score (nSPS) is 15.7. The van der Waals surface area contributed by atoms with E-state index in [1.54, 1.807) is 12.1 Å². The van der Waals surface area contributed by atoms with Gasteiger partial charge in [0.15, 0.2) is 5.78 Å². The number of ketones is 1. The van der Waals surface area contributed by atoms with Crippen molar-refractivity contribution >= 4 is 29.0 Å². The SMILES string of the molecule is O=C1CCCc2c(Cl)ccc(Cl)c21. The quantitative estimate of drug-likeness (QED) is 0.647. The first kappa shape index (κ1) is 9.04. The fourth-order valence-corrected chi connectivity index (χ4v) is 2.22. The van der Waals surface area contributed by atoms with E-state index in [1.165, 1.54) is 0 Å². The topological polar surface area (TPSA) is 17.1 Å². The van der Waals surface area contributed by atoms with Gasteiger partial charge in [-0.15, -0.1) is 0 Å². The molecule has 0 bridgehead atoms. The number of hydrogen-bond donors (Lipinski definition) is 0. The second kappa shape index (κ2) is 3.32. The van der Waals surface area contributed by atoms with Crippen molar-refractivity contribution in [3.05, 3.63) is 33.3 Å². The minimum absolute atomic E-state index is 0.119. The predicted molar refractivity (Wildman–Crippen MR) is 53.7 cm³/mol. The molecule has 0 aliphatic heterocycles. The van der Waals surface area contributed by atoms with E-state index in [-0.39, 0.29) is 5.78 Å². The van der Waals surface area contributed by atoms with Crippen LogP contribution in [0.25, 0.3) is 0 Å². The predicted octanol–water partition coefficient (Wildman–Crippen LogP) is 3.51. The van der Waals surface area contributed by atoms with Gasteiger partial charge in [0.1, 0.15) is 0 Å². The maximum Gasteiger partial charge on any atom is 0.164 e. The Morgan fingerprint density at radius 3 is 2.46 bits per heavy atom. The van der Waals surface area contributed by atoms with Crippen LogP contribution in [0, 0.1) is 0 Å². The number of halogens is 2. The van der Waals surface area contributed by atoms with Crippen LogP contribution in [0.4, 0.5) is 0 Å². The van der Waals surface area contributed by atoms with Crippen LogP contribution in [-0.2, 0) is 6.42 Å². The second-order valence-corrected chi connectivity index (χ2v) is 3.97. The molecule has 0 spiro atoms. The summed E-state index contributed by atoms with van der Waals surface area (Å²) in [5.74, 6) is 0.119. The molecule has 0 saturated heterocycles. The summed E-state index contributed by atoms with van der Waals surface area (Å²) in [5, 5.41) is 1.19. The van der Waals surface area contributed by atoms with Gasteiger partial charge in [-0.3, -0.25) is 4.79 Å². The van der Waals surface area contributed by atoms with Gasteiger partial charge < -0.3 is 0 Å². The number of carbonyl (C=O) groups is 1. The van der Waals surface area contributed by atoms with Crippen molar-refractivity contribution in [3.63, 3.8) is 0 Å². The van der Waals surface area contributed by atoms with Crippen LogP contribution in [-0.4, -0.2) is 5.78 Å². The van der Waals surface area contributed by atoms with Crippen LogP contribution in [0.15, 0.2) is 12.1 Å². The van der Waals surface area contributed by atoms with Gasteiger partial charge in [-0.1, -0.05) is 23.2 Å². The van der Waals surface area contributed by atoms with Gasteiger partial charge >= 0.3 is 0 Å². The van der Waals surface area contributed by atoms with Gasteiger partial charge in [0, 0.05) is 17.0 Å². The van der Waals surface area contributed by atoms with E-state index in [9.17, 15) is 4.79 Å². The molecule has 1 aromatic rings. The van der Waals surface area contributed by atoms with E-state index in [1.807, 2.05) is 0 Å². The van der Waals surface area contributed by atoms with Crippen LogP contribution in [0.5, 0.6) is 0 Å². The molecule has 0 unspecified atom stereocenters. The zero-order chi connectivity index (χ0) is 9.42. The molecular weight excluding hydrogens is 207 g/mol. The first-order valence-corrected chi connectivity index (χ1v) is 4.96. The van der Waals surface area contributed by atoms with Gasteiger partial charge in [0.25, 0.3) is 0 Å². The Balaban J connectivity index is 2.67. The molecule has 3 heteroatoms. The molecule has 1 aromatic carbocycles. The third-order valence-corrected chi connectivity index (χ3v) is 2.98. The molecule has 0 N–H and O–H groups in total. The molecule has 1 nitrogen and oxygen atoms in total. The second-order valence-electron chi connectivity index (χ2n) is 3.16. The lowest BCUT2D eigenvalue weighted by molar-refractivity contribution is 0.0972. The van der Waals surface area contributed by atoms with Gasteiger partial charge in [0.05, 0.1) is 5.02 Å². The maximum absolute atomic E-state index is 11.5. The average molecular weight is 215 g/mol. The highest BCUT2D eigenvalue weighted by molar-refractivity contribution is 6.36. The molecule has 0 atom stereocenters. The van der Waals surface area contributed by atoms with E-state index in [4.69, 9.17) is 23.2 Å². The Bertz CT molecular complexity index is 371. The molecule has 0 fully saturated rings. The van der Waals surface area contributed by atoms with Crippen molar-refractivity contribution in [1.29, 1.82) is 0 Å². The highest BCUT2D eigenvalue weighted by atomic mass is 35.5. The van der Waals surface area contributed by atoms with Crippen LogP contribution >= 0.6 is 23.2 Å². The molecule has 1 aliphatic carbocycles. The van der Waals surface area contributed by atoms with Crippen LogP contribution in [0.3, 0.4) is 0 Å². The van der Waals surface area contributed by atoms with E-state index in [0.29, 0.717) is 22.0 Å². The van der Waals surface area contributed by atoms with Gasteiger partial charge in [-0.05, 0) is 30.5 Å². The van der Waals surface area contributed by atoms with E-state index >= 15 is 0 Å². The zero-order valence-corrected chi connectivity index (χ0v) is 8.45. The largest absolute Gasteiger partial charge is 0.294 e. The Kier molecular flexibility index (Phi) is 2.31. The number of benzene rings is 1. The van der Waals surface area contributed by atoms with Crippen molar-refractivity contribution < 1.29 is 4.79 Å². The number of carbonyl (C=O) groups excluding carboxylic acids is 1. The van der Waals surface area contributed by atoms with Crippen molar-refractivity contribution in [3.8, 4) is 0 Å². The van der Waals surface area contributed by atoms with E-state index in [2.05, 4.69) is 0 Å². The highest BCUT2D eigenvalue weighted by Crippen LogP contribution is 2.32. The lowest BCUT2D eigenvalue weighted by atomic mass is 9.91. The Labute approximate surface area is 86.7 Å². The van der Waals surface area contributed by atoms with E-state index < -0.39 is 0 Å². The summed E-state index contributed by atoms with van der Waals surface area (Å²) >= 11 is 11.9. The molecule has 0 saturated carbocycles. The third kappa shape index (κ3) is 1.47. The molecule has 68 valence electrons. The summed E-state index contributed by atoms with van der Waals surface area (Å²) in [6.07, 6.45) is 2.33. The van der Waals surface area contributed by atoms with Crippen molar-refractivity contribution in [2.75, 3.05) is 0 Å². The third-order valence-electron chi connectivity index (χ3n) is 2.31. The summed E-state index contributed by atoms with van der Waals surface area (Å²) in [5.41, 5.74) is 1.56. The summed E-state index contributed by atoms with van der Waals surface area (Å²) in [7, 11) is 0. The molecule has 2 rings (SSSR count). The van der Waals surface area contributed by atoms with E-state index in [0.717, 1.165) is 18.4 Å². The van der Waals surface area contributed by atoms with Crippen LogP contribution in [0.2, 0.25) is 10.0 Å². The summed E-state index contributed by atoms with van der Waals surface area (Å²) in [6, 6.07) is 3.44. The number of Topliss-reactive ketones (excluding diaryl/α,β-unsaturated/α-hetero) is 1. The molecular formula is C10H8Cl2O. The number of fused-ring (bicyclic) bond motifs is 1. The highest BCUT2D eigenvalue weighted by Gasteiger charge is 2.21. The molecule has 0 aromatic heterocycles. The molecule has 0 amide bonds. The van der Waals surface area contributed by atoms with Crippen molar-refractivity contribution in [2.45, 2.75) is 19.3 Å². The van der Waals surface area contributed by atoms with Crippen molar-refractivity contribution in [2.24, 2.45) is 0 Å². The average Bonchev–Trinajstić information content (AvgIpc) is 2.12. The zero-order valence-electron chi connectivity index (χ0n) is 6.94. The first-order chi connectivity index (χ1) is 6.20. The summed E-state index contributed by atoms with van der Waals surface area (Å²) in [6.45, 7) is 0. The fourth-order valence-electron chi connectivity index (χ4n) is 1.69. The maximum atomic E-state index is 11.5. The van der Waals surface area contributed by atoms with Crippen LogP contribution in [0.1, 0.15) is 28.8 Å². The Morgan fingerprint density at radius 1 is 1.08 bits per heavy atom. The van der Waals surface area contributed by atoms with Gasteiger partial charge in [0.2, 0.25) is 0 Å². The van der Waals surface area contributed by atoms with Crippen LogP contribution < -0.4 is 0 Å². The van der Waals surface area contributed by atoms with Gasteiger partial charge in [-0.25, -0.2) is 0 Å². The molecule has 0 radical (unpaired) electrons. The lowest BCUT2D eigenvalue weighted by Gasteiger charge is -2.16. The smallest absolute Gasteiger partial charge is 0.164 e. The Hall–Kier alpha value is -0.530. The molecule has 13 heavy (non-hydrogen) atoms. The molecule has 0 heterocycles. The first-order valence-electron chi connectivity index (χ1n) is 4.20. The minimum atomic E-state index is 0.119.